The molecule has 0 radical (unpaired) electrons. The number of hydrogen-bond donors (Lipinski definition) is 2. The molecule has 1 aromatic carbocycles. The Morgan fingerprint density at radius 1 is 1.58 bits per heavy atom. The van der Waals surface area contributed by atoms with E-state index in [0.717, 1.165) is 5.56 Å². The van der Waals surface area contributed by atoms with Gasteiger partial charge in [0.2, 0.25) is 0 Å². The Bertz CT molecular complexity index is 275. The van der Waals surface area contributed by atoms with Crippen molar-refractivity contribution in [2.75, 3.05) is 6.67 Å². The van der Waals surface area contributed by atoms with Crippen LogP contribution in [0.3, 0.4) is 0 Å². The third-order valence-corrected chi connectivity index (χ3v) is 1.75. The van der Waals surface area contributed by atoms with Crippen molar-refractivity contribution in [3.8, 4) is 5.75 Å². The number of nitrogens with two attached hydrogens (primary N) is 1. The Kier molecular flexibility index (Phi) is 2.65. The quantitative estimate of drug-likeness (QED) is 0.707. The molecule has 1 aromatic rings. The number of phenols is 1. The summed E-state index contributed by atoms with van der Waals surface area (Å²) in [7, 11) is 0. The number of phenolic OH excluding ortho intramolecular Hbond substituents is 1. The van der Waals surface area contributed by atoms with Gasteiger partial charge in [-0.25, -0.2) is 4.39 Å². The van der Waals surface area contributed by atoms with Gasteiger partial charge in [-0.15, -0.1) is 0 Å². The lowest BCUT2D eigenvalue weighted by Crippen LogP contribution is -2.12. The molecular formula is C9H12FNO. The van der Waals surface area contributed by atoms with Gasteiger partial charge in [-0.3, -0.25) is 0 Å². The molecule has 66 valence electrons. The van der Waals surface area contributed by atoms with Gasteiger partial charge in [0.15, 0.2) is 0 Å². The highest BCUT2D eigenvalue weighted by molar-refractivity contribution is 5.37. The second kappa shape index (κ2) is 3.54. The van der Waals surface area contributed by atoms with Crippen LogP contribution in [0.15, 0.2) is 18.2 Å². The zero-order chi connectivity index (χ0) is 9.14. The van der Waals surface area contributed by atoms with Crippen LogP contribution in [0.1, 0.15) is 17.2 Å². The van der Waals surface area contributed by atoms with Gasteiger partial charge in [0, 0.05) is 5.56 Å². The van der Waals surface area contributed by atoms with Gasteiger partial charge < -0.3 is 10.8 Å². The van der Waals surface area contributed by atoms with Crippen molar-refractivity contribution < 1.29 is 9.50 Å². The number of hydrogen-bond acceptors (Lipinski definition) is 2. The van der Waals surface area contributed by atoms with Crippen molar-refractivity contribution in [2.24, 2.45) is 5.73 Å². The van der Waals surface area contributed by atoms with E-state index in [4.69, 9.17) is 5.73 Å². The van der Waals surface area contributed by atoms with Crippen LogP contribution in [0.5, 0.6) is 5.75 Å². The first-order valence-electron chi connectivity index (χ1n) is 3.76. The van der Waals surface area contributed by atoms with Gasteiger partial charge in [0.05, 0.1) is 6.04 Å². The summed E-state index contributed by atoms with van der Waals surface area (Å²) in [6, 6.07) is 4.30. The molecule has 0 aromatic heterocycles. The minimum absolute atomic E-state index is 0.0696. The Balaban J connectivity index is 3.01. The van der Waals surface area contributed by atoms with Crippen molar-refractivity contribution in [2.45, 2.75) is 13.0 Å². The second-order valence-corrected chi connectivity index (χ2v) is 2.82. The first kappa shape index (κ1) is 9.00. The number of benzene rings is 1. The van der Waals surface area contributed by atoms with Crippen LogP contribution in [0.2, 0.25) is 0 Å². The number of halogens is 1. The highest BCUT2D eigenvalue weighted by Gasteiger charge is 2.09. The number of aryl methyl sites for hydroxylation is 1. The van der Waals surface area contributed by atoms with Gasteiger partial charge in [0.1, 0.15) is 12.4 Å². The summed E-state index contributed by atoms with van der Waals surface area (Å²) >= 11 is 0. The molecule has 12 heavy (non-hydrogen) atoms. The first-order chi connectivity index (χ1) is 5.65. The molecule has 0 aliphatic carbocycles. The molecule has 2 nitrogen and oxygen atoms in total. The Labute approximate surface area is 70.8 Å². The molecule has 0 heterocycles. The largest absolute Gasteiger partial charge is 0.508 e. The van der Waals surface area contributed by atoms with E-state index < -0.39 is 12.7 Å². The van der Waals surface area contributed by atoms with Crippen molar-refractivity contribution in [3.05, 3.63) is 29.3 Å². The summed E-state index contributed by atoms with van der Waals surface area (Å²) in [6.07, 6.45) is 0. The van der Waals surface area contributed by atoms with Gasteiger partial charge in [-0.05, 0) is 18.6 Å². The topological polar surface area (TPSA) is 46.2 Å². The zero-order valence-corrected chi connectivity index (χ0v) is 6.92. The molecule has 0 aliphatic rings. The van der Waals surface area contributed by atoms with Crippen LogP contribution in [-0.4, -0.2) is 11.8 Å². The summed E-state index contributed by atoms with van der Waals surface area (Å²) in [5, 5.41) is 9.35. The Hall–Kier alpha value is -1.09. The van der Waals surface area contributed by atoms with Crippen LogP contribution < -0.4 is 5.73 Å². The number of alkyl halides is 1. The maximum Gasteiger partial charge on any atom is 0.120 e. The molecular weight excluding hydrogens is 157 g/mol. The van der Waals surface area contributed by atoms with Crippen LogP contribution in [0.4, 0.5) is 4.39 Å². The van der Waals surface area contributed by atoms with E-state index in [-0.39, 0.29) is 5.75 Å². The maximum atomic E-state index is 12.1. The van der Waals surface area contributed by atoms with Crippen molar-refractivity contribution in [1.82, 2.24) is 0 Å². The lowest BCUT2D eigenvalue weighted by atomic mass is 10.1. The fraction of sp³-hybridized carbons (Fsp3) is 0.333. The normalized spacial score (nSPS) is 12.9. The molecule has 0 bridgehead atoms. The summed E-state index contributed by atoms with van der Waals surface area (Å²) in [6.45, 7) is 1.20. The van der Waals surface area contributed by atoms with Gasteiger partial charge in [0.25, 0.3) is 0 Å². The summed E-state index contributed by atoms with van der Waals surface area (Å²) < 4.78 is 12.1. The molecule has 0 spiro atoms. The van der Waals surface area contributed by atoms with Crippen LogP contribution in [-0.2, 0) is 0 Å². The number of rotatable bonds is 2. The lowest BCUT2D eigenvalue weighted by molar-refractivity contribution is 0.414. The molecule has 1 unspecified atom stereocenters. The van der Waals surface area contributed by atoms with Crippen molar-refractivity contribution in [3.63, 3.8) is 0 Å². The molecule has 0 amide bonds. The maximum absolute atomic E-state index is 12.1. The zero-order valence-electron chi connectivity index (χ0n) is 6.92. The van der Waals surface area contributed by atoms with E-state index in [9.17, 15) is 9.50 Å². The molecule has 0 aliphatic heterocycles. The second-order valence-electron chi connectivity index (χ2n) is 2.82. The monoisotopic (exact) mass is 169 g/mol. The van der Waals surface area contributed by atoms with Crippen LogP contribution in [0, 0.1) is 6.92 Å². The van der Waals surface area contributed by atoms with Gasteiger partial charge in [-0.1, -0.05) is 12.1 Å². The van der Waals surface area contributed by atoms with Gasteiger partial charge >= 0.3 is 0 Å². The predicted octanol–water partition coefficient (Wildman–Crippen LogP) is 1.67. The van der Waals surface area contributed by atoms with Crippen LogP contribution >= 0.6 is 0 Å². The third kappa shape index (κ3) is 1.74. The average molecular weight is 169 g/mol. The van der Waals surface area contributed by atoms with E-state index in [1.54, 1.807) is 18.2 Å². The summed E-state index contributed by atoms with van der Waals surface area (Å²) in [5.74, 6) is 0.0696. The predicted molar refractivity (Wildman–Crippen MR) is 45.7 cm³/mol. The fourth-order valence-electron chi connectivity index (χ4n) is 1.05. The molecule has 3 N–H and O–H groups in total. The van der Waals surface area contributed by atoms with Gasteiger partial charge in [-0.2, -0.15) is 0 Å². The summed E-state index contributed by atoms with van der Waals surface area (Å²) in [4.78, 5) is 0. The van der Waals surface area contributed by atoms with E-state index in [0.29, 0.717) is 5.56 Å². The highest BCUT2D eigenvalue weighted by Crippen LogP contribution is 2.23. The first-order valence-corrected chi connectivity index (χ1v) is 3.76. The SMILES string of the molecule is Cc1ccc(C(N)CF)c(O)c1. The van der Waals surface area contributed by atoms with E-state index in [1.165, 1.54) is 0 Å². The van der Waals surface area contributed by atoms with Crippen LogP contribution in [0.25, 0.3) is 0 Å². The molecule has 0 saturated heterocycles. The van der Waals surface area contributed by atoms with Crippen molar-refractivity contribution in [1.29, 1.82) is 0 Å². The lowest BCUT2D eigenvalue weighted by Gasteiger charge is -2.09. The molecule has 1 atom stereocenters. The third-order valence-electron chi connectivity index (χ3n) is 1.75. The van der Waals surface area contributed by atoms with E-state index >= 15 is 0 Å². The Morgan fingerprint density at radius 2 is 2.25 bits per heavy atom. The molecule has 0 saturated carbocycles. The molecule has 3 heteroatoms. The minimum Gasteiger partial charge on any atom is -0.508 e. The highest BCUT2D eigenvalue weighted by atomic mass is 19.1. The number of aromatic hydroxyl groups is 1. The smallest absolute Gasteiger partial charge is 0.120 e. The summed E-state index contributed by atoms with van der Waals surface area (Å²) in [5.41, 5.74) is 6.80. The average Bonchev–Trinajstić information content (AvgIpc) is 2.03. The molecule has 1 rings (SSSR count). The van der Waals surface area contributed by atoms with E-state index in [2.05, 4.69) is 0 Å². The minimum atomic E-state index is -0.717. The fourth-order valence-corrected chi connectivity index (χ4v) is 1.05. The molecule has 0 fully saturated rings. The Morgan fingerprint density at radius 3 is 2.75 bits per heavy atom. The standard InChI is InChI=1S/C9H12FNO/c1-6-2-3-7(8(11)5-10)9(12)4-6/h2-4,8,12H,5,11H2,1H3. The van der Waals surface area contributed by atoms with E-state index in [1.807, 2.05) is 6.92 Å². The van der Waals surface area contributed by atoms with Crippen molar-refractivity contribution >= 4 is 0 Å².